The number of rotatable bonds is 6. The van der Waals surface area contributed by atoms with E-state index < -0.39 is 0 Å². The van der Waals surface area contributed by atoms with Gasteiger partial charge in [0.2, 0.25) is 11.8 Å². The molecule has 0 spiro atoms. The van der Waals surface area contributed by atoms with Crippen LogP contribution >= 0.6 is 0 Å². The standard InChI is InChI=1S/C22H28N4O3/c1-15(27)23-8-9-26-13-18-7-6-17-12-25(14-20(17)22(18)24-26)21(28)11-16-4-3-5-19(10-16)29-2/h3-5,10,13,17,20H,6-9,11-12,14H2,1-2H3,(H,23,27)/t17-,20+/m1/s1. The maximum Gasteiger partial charge on any atom is 0.227 e. The smallest absolute Gasteiger partial charge is 0.227 e. The number of aryl methyl sites for hydroxylation is 1. The highest BCUT2D eigenvalue weighted by Gasteiger charge is 2.40. The van der Waals surface area contributed by atoms with Crippen LogP contribution in [0.4, 0.5) is 0 Å². The van der Waals surface area contributed by atoms with Gasteiger partial charge in [0.25, 0.3) is 0 Å². The van der Waals surface area contributed by atoms with Gasteiger partial charge < -0.3 is 15.0 Å². The van der Waals surface area contributed by atoms with Crippen molar-refractivity contribution in [3.63, 3.8) is 0 Å². The Morgan fingerprint density at radius 3 is 2.97 bits per heavy atom. The Bertz CT molecular complexity index is 907. The van der Waals surface area contributed by atoms with Gasteiger partial charge in [0.15, 0.2) is 0 Å². The number of carbonyl (C=O) groups is 2. The molecule has 2 heterocycles. The van der Waals surface area contributed by atoms with Crippen LogP contribution < -0.4 is 10.1 Å². The van der Waals surface area contributed by atoms with Gasteiger partial charge in [-0.05, 0) is 42.0 Å². The number of amides is 2. The maximum absolute atomic E-state index is 12.9. The second-order valence-corrected chi connectivity index (χ2v) is 8.02. The van der Waals surface area contributed by atoms with Crippen LogP contribution in [0.3, 0.4) is 0 Å². The molecule has 0 bridgehead atoms. The van der Waals surface area contributed by atoms with E-state index in [0.29, 0.717) is 31.3 Å². The molecule has 2 amide bonds. The molecule has 4 rings (SSSR count). The molecule has 7 heteroatoms. The average Bonchev–Trinajstić information content (AvgIpc) is 3.31. The topological polar surface area (TPSA) is 76.5 Å². The molecule has 1 aromatic carbocycles. The molecule has 2 atom stereocenters. The monoisotopic (exact) mass is 396 g/mol. The fourth-order valence-corrected chi connectivity index (χ4v) is 4.53. The fraction of sp³-hybridized carbons (Fsp3) is 0.500. The lowest BCUT2D eigenvalue weighted by Gasteiger charge is -2.22. The number of likely N-dealkylation sites (tertiary alicyclic amines) is 1. The average molecular weight is 396 g/mol. The number of fused-ring (bicyclic) bond motifs is 3. The van der Waals surface area contributed by atoms with Gasteiger partial charge >= 0.3 is 0 Å². The van der Waals surface area contributed by atoms with E-state index >= 15 is 0 Å². The lowest BCUT2D eigenvalue weighted by molar-refractivity contribution is -0.129. The van der Waals surface area contributed by atoms with E-state index in [-0.39, 0.29) is 11.8 Å². The maximum atomic E-state index is 12.9. The van der Waals surface area contributed by atoms with Crippen molar-refractivity contribution < 1.29 is 14.3 Å². The number of carbonyl (C=O) groups excluding carboxylic acids is 2. The third-order valence-corrected chi connectivity index (χ3v) is 6.00. The number of aromatic nitrogens is 2. The Kier molecular flexibility index (Phi) is 5.56. The number of nitrogens with zero attached hydrogens (tertiary/aromatic N) is 3. The molecule has 2 aromatic rings. The summed E-state index contributed by atoms with van der Waals surface area (Å²) in [4.78, 5) is 26.0. The van der Waals surface area contributed by atoms with E-state index in [1.54, 1.807) is 7.11 Å². The molecule has 1 saturated heterocycles. The van der Waals surface area contributed by atoms with Gasteiger partial charge in [-0.2, -0.15) is 5.10 Å². The van der Waals surface area contributed by atoms with Crippen molar-refractivity contribution >= 4 is 11.8 Å². The van der Waals surface area contributed by atoms with E-state index in [1.165, 1.54) is 12.5 Å². The molecule has 1 fully saturated rings. The predicted octanol–water partition coefficient (Wildman–Crippen LogP) is 1.76. The first-order chi connectivity index (χ1) is 14.0. The molecule has 7 nitrogen and oxygen atoms in total. The van der Waals surface area contributed by atoms with E-state index in [9.17, 15) is 9.59 Å². The van der Waals surface area contributed by atoms with Crippen LogP contribution in [-0.4, -0.2) is 53.2 Å². The Morgan fingerprint density at radius 2 is 2.17 bits per heavy atom. The van der Waals surface area contributed by atoms with Crippen molar-refractivity contribution in [2.75, 3.05) is 26.7 Å². The molecular weight excluding hydrogens is 368 g/mol. The molecule has 29 heavy (non-hydrogen) atoms. The Hall–Kier alpha value is -2.83. The normalized spacial score (nSPS) is 20.1. The molecule has 0 unspecified atom stereocenters. The van der Waals surface area contributed by atoms with Crippen molar-refractivity contribution in [2.45, 2.75) is 38.6 Å². The van der Waals surface area contributed by atoms with Gasteiger partial charge in [-0.3, -0.25) is 14.3 Å². The van der Waals surface area contributed by atoms with E-state index in [1.807, 2.05) is 33.8 Å². The van der Waals surface area contributed by atoms with E-state index in [2.05, 4.69) is 11.5 Å². The summed E-state index contributed by atoms with van der Waals surface area (Å²) >= 11 is 0. The van der Waals surface area contributed by atoms with Crippen LogP contribution in [0.25, 0.3) is 0 Å². The number of ether oxygens (including phenoxy) is 1. The molecule has 0 radical (unpaired) electrons. The molecule has 2 aliphatic rings. The summed E-state index contributed by atoms with van der Waals surface area (Å²) in [5.74, 6) is 1.72. The zero-order chi connectivity index (χ0) is 20.4. The first-order valence-corrected chi connectivity index (χ1v) is 10.2. The highest BCUT2D eigenvalue weighted by Crippen LogP contribution is 2.40. The molecule has 1 aliphatic heterocycles. The molecule has 1 aromatic heterocycles. The van der Waals surface area contributed by atoms with Gasteiger partial charge in [-0.15, -0.1) is 0 Å². The highest BCUT2D eigenvalue weighted by molar-refractivity contribution is 5.79. The first kappa shape index (κ1) is 19.5. The van der Waals surface area contributed by atoms with Crippen LogP contribution in [0.15, 0.2) is 30.5 Å². The minimum atomic E-state index is -0.0250. The predicted molar refractivity (Wildman–Crippen MR) is 109 cm³/mol. The number of nitrogens with one attached hydrogen (secondary N) is 1. The molecule has 1 aliphatic carbocycles. The Labute approximate surface area is 171 Å². The summed E-state index contributed by atoms with van der Waals surface area (Å²) in [6, 6.07) is 7.71. The summed E-state index contributed by atoms with van der Waals surface area (Å²) in [6.45, 7) is 4.32. The van der Waals surface area contributed by atoms with Crippen molar-refractivity contribution in [3.05, 3.63) is 47.3 Å². The van der Waals surface area contributed by atoms with Crippen LogP contribution in [0.1, 0.15) is 36.1 Å². The van der Waals surface area contributed by atoms with Crippen molar-refractivity contribution in [3.8, 4) is 5.75 Å². The largest absolute Gasteiger partial charge is 0.497 e. The number of hydrogen-bond donors (Lipinski definition) is 1. The lowest BCUT2D eigenvalue weighted by Crippen LogP contribution is -2.30. The van der Waals surface area contributed by atoms with Gasteiger partial charge in [0.05, 0.1) is 25.8 Å². The summed E-state index contributed by atoms with van der Waals surface area (Å²) in [6.07, 6.45) is 4.61. The first-order valence-electron chi connectivity index (χ1n) is 10.2. The third-order valence-electron chi connectivity index (χ3n) is 6.00. The van der Waals surface area contributed by atoms with Crippen molar-refractivity contribution in [2.24, 2.45) is 5.92 Å². The highest BCUT2D eigenvalue weighted by atomic mass is 16.5. The summed E-state index contributed by atoms with van der Waals surface area (Å²) in [5, 5.41) is 7.61. The number of methoxy groups -OCH3 is 1. The van der Waals surface area contributed by atoms with Crippen LogP contribution in [-0.2, 0) is 29.0 Å². The number of hydrogen-bond acceptors (Lipinski definition) is 4. The Morgan fingerprint density at radius 1 is 1.31 bits per heavy atom. The summed E-state index contributed by atoms with van der Waals surface area (Å²) in [5.41, 5.74) is 3.41. The quantitative estimate of drug-likeness (QED) is 0.807. The van der Waals surface area contributed by atoms with Crippen molar-refractivity contribution in [1.29, 1.82) is 0 Å². The minimum absolute atomic E-state index is 0.0250. The molecule has 154 valence electrons. The second-order valence-electron chi connectivity index (χ2n) is 8.02. The van der Waals surface area contributed by atoms with Gasteiger partial charge in [-0.25, -0.2) is 0 Å². The number of benzene rings is 1. The van der Waals surface area contributed by atoms with Crippen LogP contribution in [0.2, 0.25) is 0 Å². The van der Waals surface area contributed by atoms with E-state index in [4.69, 9.17) is 9.84 Å². The zero-order valence-corrected chi connectivity index (χ0v) is 17.1. The van der Waals surface area contributed by atoms with Crippen LogP contribution in [0.5, 0.6) is 5.75 Å². The van der Waals surface area contributed by atoms with Crippen LogP contribution in [0, 0.1) is 5.92 Å². The third kappa shape index (κ3) is 4.28. The van der Waals surface area contributed by atoms with Crippen molar-refractivity contribution in [1.82, 2.24) is 20.0 Å². The second kappa shape index (κ2) is 8.27. The molecule has 1 N–H and O–H groups in total. The van der Waals surface area contributed by atoms with Gasteiger partial charge in [-0.1, -0.05) is 12.1 Å². The molecule has 0 saturated carbocycles. The zero-order valence-electron chi connectivity index (χ0n) is 17.1. The molecular formula is C22H28N4O3. The fourth-order valence-electron chi connectivity index (χ4n) is 4.53. The van der Waals surface area contributed by atoms with E-state index in [0.717, 1.165) is 42.9 Å². The Balaban J connectivity index is 1.41. The SMILES string of the molecule is COc1cccc(CC(=O)N2C[C@H]3CCc4cn(CCNC(C)=O)nc4[C@H]3C2)c1. The minimum Gasteiger partial charge on any atom is -0.497 e. The summed E-state index contributed by atoms with van der Waals surface area (Å²) < 4.78 is 7.20. The lowest BCUT2D eigenvalue weighted by atomic mass is 9.81. The van der Waals surface area contributed by atoms with Gasteiger partial charge in [0, 0.05) is 38.7 Å². The summed E-state index contributed by atoms with van der Waals surface area (Å²) in [7, 11) is 1.64. The van der Waals surface area contributed by atoms with Gasteiger partial charge in [0.1, 0.15) is 5.75 Å².